The van der Waals surface area contributed by atoms with Crippen LogP contribution < -0.4 is 10.6 Å². The zero-order valence-corrected chi connectivity index (χ0v) is 9.27. The number of nitrogens with two attached hydrogens (primary N) is 1. The van der Waals surface area contributed by atoms with E-state index in [4.69, 9.17) is 11.0 Å². The van der Waals surface area contributed by atoms with Gasteiger partial charge in [0.25, 0.3) is 0 Å². The molecule has 1 aromatic rings. The van der Waals surface area contributed by atoms with Crippen molar-refractivity contribution in [3.63, 3.8) is 0 Å². The Kier molecular flexibility index (Phi) is 2.49. The maximum Gasteiger partial charge on any atom is 0.101 e. The molecule has 1 aliphatic heterocycles. The summed E-state index contributed by atoms with van der Waals surface area (Å²) in [7, 11) is 0. The van der Waals surface area contributed by atoms with Crippen LogP contribution in [0.3, 0.4) is 0 Å². The first kappa shape index (κ1) is 10.8. The van der Waals surface area contributed by atoms with Crippen LogP contribution in [0, 0.1) is 11.3 Å². The molecule has 4 heteroatoms. The van der Waals surface area contributed by atoms with Crippen LogP contribution in [0.5, 0.6) is 0 Å². The summed E-state index contributed by atoms with van der Waals surface area (Å²) in [5.41, 5.74) is 6.99. The van der Waals surface area contributed by atoms with E-state index < -0.39 is 5.60 Å². The molecule has 0 amide bonds. The van der Waals surface area contributed by atoms with Gasteiger partial charge in [-0.05, 0) is 31.5 Å². The predicted octanol–water partition coefficient (Wildman–Crippen LogP) is 1.10. The highest BCUT2D eigenvalue weighted by molar-refractivity contribution is 5.65. The number of anilines is 2. The third-order valence-electron chi connectivity index (χ3n) is 2.93. The van der Waals surface area contributed by atoms with Gasteiger partial charge in [-0.2, -0.15) is 5.26 Å². The van der Waals surface area contributed by atoms with Crippen LogP contribution in [0.4, 0.5) is 11.4 Å². The van der Waals surface area contributed by atoms with Crippen molar-refractivity contribution in [2.24, 2.45) is 0 Å². The molecule has 1 fully saturated rings. The molecule has 1 atom stereocenters. The van der Waals surface area contributed by atoms with Crippen LogP contribution in [-0.2, 0) is 0 Å². The van der Waals surface area contributed by atoms with E-state index in [1.54, 1.807) is 12.1 Å². The van der Waals surface area contributed by atoms with E-state index in [0.29, 0.717) is 17.8 Å². The number of hydrogen-bond donors (Lipinski definition) is 2. The smallest absolute Gasteiger partial charge is 0.101 e. The zero-order valence-electron chi connectivity index (χ0n) is 9.27. The van der Waals surface area contributed by atoms with Gasteiger partial charge in [0.1, 0.15) is 6.07 Å². The van der Waals surface area contributed by atoms with Gasteiger partial charge in [-0.1, -0.05) is 0 Å². The number of nitrogens with zero attached hydrogens (tertiary/aromatic N) is 2. The molecule has 0 bridgehead atoms. The van der Waals surface area contributed by atoms with E-state index in [0.717, 1.165) is 18.7 Å². The Morgan fingerprint density at radius 3 is 2.88 bits per heavy atom. The van der Waals surface area contributed by atoms with Crippen molar-refractivity contribution < 1.29 is 5.11 Å². The fraction of sp³-hybridized carbons (Fsp3) is 0.417. The molecule has 1 heterocycles. The monoisotopic (exact) mass is 217 g/mol. The molecule has 1 saturated heterocycles. The van der Waals surface area contributed by atoms with Gasteiger partial charge in [0.2, 0.25) is 0 Å². The SMILES string of the molecule is CC1(O)CCN(c2ccc(N)cc2C#N)C1. The fourth-order valence-electron chi connectivity index (χ4n) is 2.07. The normalized spacial score (nSPS) is 24.4. The van der Waals surface area contributed by atoms with Gasteiger partial charge in [-0.25, -0.2) is 0 Å². The number of β-amino-alcohol motifs (C(OH)–C–C–N with tert-alkyl or cyclic N) is 1. The summed E-state index contributed by atoms with van der Waals surface area (Å²) in [6.45, 7) is 3.15. The Hall–Kier alpha value is -1.73. The van der Waals surface area contributed by atoms with Crippen molar-refractivity contribution in [1.29, 1.82) is 5.26 Å². The van der Waals surface area contributed by atoms with Crippen molar-refractivity contribution in [3.8, 4) is 6.07 Å². The van der Waals surface area contributed by atoms with Crippen molar-refractivity contribution >= 4 is 11.4 Å². The molecular formula is C12H15N3O. The molecular weight excluding hydrogens is 202 g/mol. The van der Waals surface area contributed by atoms with Gasteiger partial charge < -0.3 is 15.7 Å². The first-order chi connectivity index (χ1) is 7.52. The second kappa shape index (κ2) is 3.69. The van der Waals surface area contributed by atoms with E-state index in [1.165, 1.54) is 0 Å². The summed E-state index contributed by atoms with van der Waals surface area (Å²) < 4.78 is 0. The lowest BCUT2D eigenvalue weighted by molar-refractivity contribution is 0.0839. The minimum absolute atomic E-state index is 0.561. The van der Waals surface area contributed by atoms with Gasteiger partial charge in [0.05, 0.1) is 16.9 Å². The summed E-state index contributed by atoms with van der Waals surface area (Å²) in [4.78, 5) is 2.03. The largest absolute Gasteiger partial charge is 0.399 e. The number of nitrogen functional groups attached to an aromatic ring is 1. The zero-order chi connectivity index (χ0) is 11.8. The third kappa shape index (κ3) is 1.95. The number of benzene rings is 1. The summed E-state index contributed by atoms with van der Waals surface area (Å²) in [5, 5.41) is 18.9. The molecule has 0 radical (unpaired) electrons. The lowest BCUT2D eigenvalue weighted by atomic mass is 10.1. The molecule has 0 saturated carbocycles. The van der Waals surface area contributed by atoms with Gasteiger partial charge in [-0.3, -0.25) is 0 Å². The molecule has 0 aromatic heterocycles. The molecule has 2 rings (SSSR count). The topological polar surface area (TPSA) is 73.3 Å². The molecule has 16 heavy (non-hydrogen) atoms. The van der Waals surface area contributed by atoms with Crippen molar-refractivity contribution in [3.05, 3.63) is 23.8 Å². The van der Waals surface area contributed by atoms with E-state index in [-0.39, 0.29) is 0 Å². The predicted molar refractivity (Wildman–Crippen MR) is 63.0 cm³/mol. The van der Waals surface area contributed by atoms with Crippen LogP contribution in [0.2, 0.25) is 0 Å². The Bertz CT molecular complexity index is 448. The van der Waals surface area contributed by atoms with E-state index >= 15 is 0 Å². The summed E-state index contributed by atoms with van der Waals surface area (Å²) in [6.07, 6.45) is 0.724. The highest BCUT2D eigenvalue weighted by atomic mass is 16.3. The number of hydrogen-bond acceptors (Lipinski definition) is 4. The van der Waals surface area contributed by atoms with Crippen LogP contribution in [0.25, 0.3) is 0 Å². The molecule has 1 unspecified atom stereocenters. The van der Waals surface area contributed by atoms with E-state index in [9.17, 15) is 5.11 Å². The maximum atomic E-state index is 9.90. The van der Waals surface area contributed by atoms with Crippen LogP contribution in [0.15, 0.2) is 18.2 Å². The molecule has 1 aliphatic rings. The second-order valence-electron chi connectivity index (χ2n) is 4.56. The minimum Gasteiger partial charge on any atom is -0.399 e. The van der Waals surface area contributed by atoms with Gasteiger partial charge >= 0.3 is 0 Å². The van der Waals surface area contributed by atoms with Crippen molar-refractivity contribution in [2.75, 3.05) is 23.7 Å². The lowest BCUT2D eigenvalue weighted by Crippen LogP contribution is -2.29. The molecule has 1 aromatic carbocycles. The number of rotatable bonds is 1. The lowest BCUT2D eigenvalue weighted by Gasteiger charge is -2.21. The molecule has 4 nitrogen and oxygen atoms in total. The quantitative estimate of drug-likeness (QED) is 0.691. The van der Waals surface area contributed by atoms with Crippen LogP contribution >= 0.6 is 0 Å². The van der Waals surface area contributed by atoms with Gasteiger partial charge in [-0.15, -0.1) is 0 Å². The Morgan fingerprint density at radius 1 is 1.56 bits per heavy atom. The standard InChI is InChI=1S/C12H15N3O/c1-12(16)4-5-15(8-12)11-3-2-10(14)6-9(11)7-13/h2-3,6,16H,4-5,8,14H2,1H3. The maximum absolute atomic E-state index is 9.90. The summed E-state index contributed by atoms with van der Waals surface area (Å²) >= 11 is 0. The highest BCUT2D eigenvalue weighted by Gasteiger charge is 2.32. The molecule has 0 aliphatic carbocycles. The first-order valence-electron chi connectivity index (χ1n) is 5.29. The van der Waals surface area contributed by atoms with Crippen molar-refractivity contribution in [2.45, 2.75) is 18.9 Å². The minimum atomic E-state index is -0.659. The molecule has 3 N–H and O–H groups in total. The van der Waals surface area contributed by atoms with Crippen LogP contribution in [0.1, 0.15) is 18.9 Å². The Balaban J connectivity index is 2.32. The summed E-state index contributed by atoms with van der Waals surface area (Å²) in [6, 6.07) is 7.43. The average molecular weight is 217 g/mol. The molecule has 84 valence electrons. The Morgan fingerprint density at radius 2 is 2.31 bits per heavy atom. The fourth-order valence-corrected chi connectivity index (χ4v) is 2.07. The highest BCUT2D eigenvalue weighted by Crippen LogP contribution is 2.29. The van der Waals surface area contributed by atoms with E-state index in [1.807, 2.05) is 17.9 Å². The second-order valence-corrected chi connectivity index (χ2v) is 4.56. The number of aliphatic hydroxyl groups is 1. The third-order valence-corrected chi connectivity index (χ3v) is 2.93. The Labute approximate surface area is 94.9 Å². The van der Waals surface area contributed by atoms with E-state index in [2.05, 4.69) is 6.07 Å². The van der Waals surface area contributed by atoms with Crippen molar-refractivity contribution in [1.82, 2.24) is 0 Å². The van der Waals surface area contributed by atoms with Gasteiger partial charge in [0, 0.05) is 18.8 Å². The average Bonchev–Trinajstić information content (AvgIpc) is 2.58. The molecule has 0 spiro atoms. The van der Waals surface area contributed by atoms with Crippen LogP contribution in [-0.4, -0.2) is 23.8 Å². The van der Waals surface area contributed by atoms with Gasteiger partial charge in [0.15, 0.2) is 0 Å². The first-order valence-corrected chi connectivity index (χ1v) is 5.29. The summed E-state index contributed by atoms with van der Waals surface area (Å²) in [5.74, 6) is 0. The number of nitriles is 1.